The van der Waals surface area contributed by atoms with E-state index in [1.165, 1.54) is 0 Å². The molecular weight excluding hydrogens is 270 g/mol. The number of aromatic nitrogens is 3. The maximum atomic E-state index is 11.3. The summed E-state index contributed by atoms with van der Waals surface area (Å²) in [6, 6.07) is 0. The largest absolute Gasteiger partial charge is 0.377 e. The van der Waals surface area contributed by atoms with E-state index >= 15 is 0 Å². The smallest absolute Gasteiger partial charge is 0.160 e. The van der Waals surface area contributed by atoms with Crippen molar-refractivity contribution in [3.63, 3.8) is 0 Å². The van der Waals surface area contributed by atoms with Gasteiger partial charge in [-0.2, -0.15) is 0 Å². The monoisotopic (exact) mass is 297 g/mol. The normalized spacial score (nSPS) is 11.5. The lowest BCUT2D eigenvalue weighted by atomic mass is 10.1. The molecule has 6 heteroatoms. The first-order chi connectivity index (χ1) is 9.99. The Morgan fingerprint density at radius 1 is 1.19 bits per heavy atom. The van der Waals surface area contributed by atoms with E-state index in [1.807, 2.05) is 20.0 Å². The number of carbonyl (C=O) groups excluding carboxylic acids is 1. The highest BCUT2D eigenvalue weighted by atomic mass is 16.5. The number of rotatable bonds is 11. The molecule has 0 fully saturated rings. The molecule has 0 radical (unpaired) electrons. The summed E-state index contributed by atoms with van der Waals surface area (Å²) in [5.74, 6) is 0.727. The molecule has 1 aromatic rings. The minimum absolute atomic E-state index is 0.0262. The summed E-state index contributed by atoms with van der Waals surface area (Å²) >= 11 is 0. The van der Waals surface area contributed by atoms with Gasteiger partial charge in [0.2, 0.25) is 0 Å². The van der Waals surface area contributed by atoms with Crippen molar-refractivity contribution in [2.24, 2.45) is 11.8 Å². The SMILES string of the molecule is CC(C)Cc1cn(CCOCCOCC(=O)C(C)C)nn1. The van der Waals surface area contributed by atoms with Crippen LogP contribution in [-0.2, 0) is 27.2 Å². The molecule has 0 aliphatic heterocycles. The van der Waals surface area contributed by atoms with Gasteiger partial charge in [0, 0.05) is 12.1 Å². The van der Waals surface area contributed by atoms with Crippen LogP contribution >= 0.6 is 0 Å². The molecule has 0 aliphatic rings. The van der Waals surface area contributed by atoms with Crippen molar-refractivity contribution < 1.29 is 14.3 Å². The highest BCUT2D eigenvalue weighted by molar-refractivity contribution is 5.81. The van der Waals surface area contributed by atoms with Crippen molar-refractivity contribution in [2.45, 2.75) is 40.7 Å². The Hall–Kier alpha value is -1.27. The third kappa shape index (κ3) is 7.92. The summed E-state index contributed by atoms with van der Waals surface area (Å²) in [7, 11) is 0. The first-order valence-corrected chi connectivity index (χ1v) is 7.56. The number of Topliss-reactive ketones (excluding diaryl/α,β-unsaturated/α-hetero) is 1. The van der Waals surface area contributed by atoms with Crippen molar-refractivity contribution in [3.8, 4) is 0 Å². The number of hydrogen-bond donors (Lipinski definition) is 0. The Labute approximate surface area is 126 Å². The second-order valence-corrected chi connectivity index (χ2v) is 5.86. The van der Waals surface area contributed by atoms with Crippen molar-refractivity contribution in [1.29, 1.82) is 0 Å². The van der Waals surface area contributed by atoms with Crippen LogP contribution in [0, 0.1) is 11.8 Å². The highest BCUT2D eigenvalue weighted by Crippen LogP contribution is 2.03. The lowest BCUT2D eigenvalue weighted by Crippen LogP contribution is -2.17. The van der Waals surface area contributed by atoms with Crippen LogP contribution < -0.4 is 0 Å². The average Bonchev–Trinajstić information content (AvgIpc) is 2.83. The number of nitrogens with zero attached hydrogens (tertiary/aromatic N) is 3. The van der Waals surface area contributed by atoms with E-state index in [0.717, 1.165) is 12.1 Å². The van der Waals surface area contributed by atoms with Gasteiger partial charge >= 0.3 is 0 Å². The molecule has 0 aromatic carbocycles. The third-order valence-corrected chi connectivity index (χ3v) is 2.93. The Bertz CT molecular complexity index is 416. The number of ketones is 1. The fourth-order valence-corrected chi connectivity index (χ4v) is 1.68. The van der Waals surface area contributed by atoms with Crippen molar-refractivity contribution in [3.05, 3.63) is 11.9 Å². The summed E-state index contributed by atoms with van der Waals surface area (Å²) in [6.45, 7) is 10.4. The highest BCUT2D eigenvalue weighted by Gasteiger charge is 2.06. The molecule has 0 N–H and O–H groups in total. The Morgan fingerprint density at radius 2 is 1.90 bits per heavy atom. The molecule has 6 nitrogen and oxygen atoms in total. The summed E-state index contributed by atoms with van der Waals surface area (Å²) in [4.78, 5) is 11.3. The quantitative estimate of drug-likeness (QED) is 0.582. The van der Waals surface area contributed by atoms with Crippen LogP contribution in [0.5, 0.6) is 0 Å². The molecule has 0 saturated heterocycles. The molecule has 0 aliphatic carbocycles. The molecule has 1 heterocycles. The Balaban J connectivity index is 2.04. The van der Waals surface area contributed by atoms with Crippen LogP contribution in [0.4, 0.5) is 0 Å². The van der Waals surface area contributed by atoms with Crippen LogP contribution in [0.1, 0.15) is 33.4 Å². The molecule has 1 rings (SSSR count). The van der Waals surface area contributed by atoms with E-state index < -0.39 is 0 Å². The number of ether oxygens (including phenoxy) is 2. The zero-order chi connectivity index (χ0) is 15.7. The van der Waals surface area contributed by atoms with Crippen LogP contribution in [0.15, 0.2) is 6.20 Å². The molecule has 1 aromatic heterocycles. The standard InChI is InChI=1S/C15H27N3O3/c1-12(2)9-14-10-18(17-16-14)5-6-20-7-8-21-11-15(19)13(3)4/h10,12-13H,5-9,11H2,1-4H3. The number of carbonyl (C=O) groups is 1. The molecule has 0 bridgehead atoms. The van der Waals surface area contributed by atoms with E-state index in [2.05, 4.69) is 24.2 Å². The van der Waals surface area contributed by atoms with Gasteiger partial charge in [-0.15, -0.1) is 5.10 Å². The van der Waals surface area contributed by atoms with E-state index in [1.54, 1.807) is 4.68 Å². The predicted molar refractivity (Wildman–Crippen MR) is 80.0 cm³/mol. The van der Waals surface area contributed by atoms with Crippen LogP contribution in [0.25, 0.3) is 0 Å². The van der Waals surface area contributed by atoms with Crippen molar-refractivity contribution in [1.82, 2.24) is 15.0 Å². The molecular formula is C15H27N3O3. The first kappa shape index (κ1) is 17.8. The summed E-state index contributed by atoms with van der Waals surface area (Å²) < 4.78 is 12.5. The minimum atomic E-state index is 0.0262. The summed E-state index contributed by atoms with van der Waals surface area (Å²) in [6.07, 6.45) is 2.90. The van der Waals surface area contributed by atoms with Gasteiger partial charge in [-0.05, 0) is 12.3 Å². The van der Waals surface area contributed by atoms with Gasteiger partial charge in [-0.1, -0.05) is 32.9 Å². The third-order valence-electron chi connectivity index (χ3n) is 2.93. The molecule has 0 atom stereocenters. The molecule has 120 valence electrons. The fraction of sp³-hybridized carbons (Fsp3) is 0.800. The van der Waals surface area contributed by atoms with Crippen LogP contribution in [-0.4, -0.2) is 47.2 Å². The lowest BCUT2D eigenvalue weighted by Gasteiger charge is -2.06. The van der Waals surface area contributed by atoms with Crippen molar-refractivity contribution >= 4 is 5.78 Å². The van der Waals surface area contributed by atoms with Crippen LogP contribution in [0.3, 0.4) is 0 Å². The Kier molecular flexibility index (Phi) is 8.15. The predicted octanol–water partition coefficient (Wildman–Crippen LogP) is 1.73. The van der Waals surface area contributed by atoms with Gasteiger partial charge in [-0.3, -0.25) is 4.79 Å². The summed E-state index contributed by atoms with van der Waals surface area (Å²) in [5, 5.41) is 8.17. The summed E-state index contributed by atoms with van der Waals surface area (Å²) in [5.41, 5.74) is 1.01. The van der Waals surface area contributed by atoms with E-state index in [-0.39, 0.29) is 18.3 Å². The zero-order valence-corrected chi connectivity index (χ0v) is 13.5. The van der Waals surface area contributed by atoms with Gasteiger partial charge in [0.25, 0.3) is 0 Å². The average molecular weight is 297 g/mol. The first-order valence-electron chi connectivity index (χ1n) is 7.56. The maximum absolute atomic E-state index is 11.3. The second kappa shape index (κ2) is 9.63. The van der Waals surface area contributed by atoms with E-state index in [4.69, 9.17) is 9.47 Å². The van der Waals surface area contributed by atoms with Gasteiger partial charge in [-0.25, -0.2) is 4.68 Å². The van der Waals surface area contributed by atoms with Gasteiger partial charge in [0.15, 0.2) is 5.78 Å². The van der Waals surface area contributed by atoms with Gasteiger partial charge in [0.1, 0.15) is 6.61 Å². The topological polar surface area (TPSA) is 66.2 Å². The Morgan fingerprint density at radius 3 is 2.57 bits per heavy atom. The van der Waals surface area contributed by atoms with Gasteiger partial charge < -0.3 is 9.47 Å². The van der Waals surface area contributed by atoms with Crippen molar-refractivity contribution in [2.75, 3.05) is 26.4 Å². The van der Waals surface area contributed by atoms with Crippen LogP contribution in [0.2, 0.25) is 0 Å². The molecule has 0 unspecified atom stereocenters. The lowest BCUT2D eigenvalue weighted by molar-refractivity contribution is -0.127. The van der Waals surface area contributed by atoms with E-state index in [9.17, 15) is 4.79 Å². The molecule has 0 spiro atoms. The zero-order valence-electron chi connectivity index (χ0n) is 13.5. The second-order valence-electron chi connectivity index (χ2n) is 5.86. The van der Waals surface area contributed by atoms with Gasteiger partial charge in [0.05, 0.1) is 32.1 Å². The molecule has 0 amide bonds. The fourth-order valence-electron chi connectivity index (χ4n) is 1.68. The minimum Gasteiger partial charge on any atom is -0.377 e. The number of hydrogen-bond acceptors (Lipinski definition) is 5. The molecule has 0 saturated carbocycles. The molecule has 21 heavy (non-hydrogen) atoms. The van der Waals surface area contributed by atoms with E-state index in [0.29, 0.717) is 32.3 Å². The maximum Gasteiger partial charge on any atom is 0.160 e.